The van der Waals surface area contributed by atoms with E-state index in [0.29, 0.717) is 18.3 Å². The highest BCUT2D eigenvalue weighted by atomic mass is 16.1. The number of rotatable bonds is 6. The number of carbonyl (C=O) groups is 1. The molecule has 0 spiro atoms. The second kappa shape index (κ2) is 10.5. The summed E-state index contributed by atoms with van der Waals surface area (Å²) in [6.45, 7) is 12.2. The van der Waals surface area contributed by atoms with E-state index in [2.05, 4.69) is 58.5 Å². The highest BCUT2D eigenvalue weighted by Crippen LogP contribution is 2.22. The van der Waals surface area contributed by atoms with Gasteiger partial charge in [-0.3, -0.25) is 0 Å². The molecular weight excluding hydrogens is 232 g/mol. The van der Waals surface area contributed by atoms with Crippen molar-refractivity contribution in [3.05, 3.63) is 48.0 Å². The largest absolute Gasteiger partial charge is 0.303 e. The van der Waals surface area contributed by atoms with Gasteiger partial charge >= 0.3 is 0 Å². The molecule has 19 heavy (non-hydrogen) atoms. The standard InChI is InChI=1S/C13H18O.C5H10/c1-10(2)12-5-4-6-13(9-12)11(3)7-8-14;1-3-5-4-2/h4-6,8-11H,7H2,1-3H3;3H,1,4-5H2,2H3. The van der Waals surface area contributed by atoms with Gasteiger partial charge in [-0.05, 0) is 29.4 Å². The highest BCUT2D eigenvalue weighted by molar-refractivity contribution is 5.51. The predicted molar refractivity (Wildman–Crippen MR) is 84.7 cm³/mol. The number of hydrogen-bond donors (Lipinski definition) is 0. The zero-order valence-electron chi connectivity index (χ0n) is 12.9. The molecule has 0 radical (unpaired) electrons. The summed E-state index contributed by atoms with van der Waals surface area (Å²) in [7, 11) is 0. The average Bonchev–Trinajstić information content (AvgIpc) is 2.41. The van der Waals surface area contributed by atoms with Gasteiger partial charge in [0.05, 0.1) is 0 Å². The van der Waals surface area contributed by atoms with Crippen LogP contribution in [0.1, 0.15) is 69.9 Å². The van der Waals surface area contributed by atoms with Crippen LogP contribution in [0.5, 0.6) is 0 Å². The zero-order chi connectivity index (χ0) is 14.7. The molecule has 1 heteroatoms. The van der Waals surface area contributed by atoms with Crippen molar-refractivity contribution in [3.63, 3.8) is 0 Å². The van der Waals surface area contributed by atoms with Gasteiger partial charge < -0.3 is 4.79 Å². The van der Waals surface area contributed by atoms with Crippen LogP contribution < -0.4 is 0 Å². The molecule has 0 fully saturated rings. The summed E-state index contributed by atoms with van der Waals surface area (Å²) in [6.07, 6.45) is 5.91. The summed E-state index contributed by atoms with van der Waals surface area (Å²) in [5, 5.41) is 0. The first-order chi connectivity index (χ1) is 9.06. The van der Waals surface area contributed by atoms with Crippen molar-refractivity contribution >= 4 is 6.29 Å². The molecule has 0 N–H and O–H groups in total. The van der Waals surface area contributed by atoms with Crippen LogP contribution >= 0.6 is 0 Å². The quantitative estimate of drug-likeness (QED) is 0.489. The average molecular weight is 260 g/mol. The Morgan fingerprint density at radius 3 is 2.26 bits per heavy atom. The minimum atomic E-state index is 0.339. The summed E-state index contributed by atoms with van der Waals surface area (Å²) < 4.78 is 0. The van der Waals surface area contributed by atoms with E-state index in [0.717, 1.165) is 12.7 Å². The summed E-state index contributed by atoms with van der Waals surface area (Å²) in [6, 6.07) is 8.52. The fraction of sp³-hybridized carbons (Fsp3) is 0.500. The Morgan fingerprint density at radius 1 is 1.21 bits per heavy atom. The second-order valence-corrected chi connectivity index (χ2v) is 5.21. The lowest BCUT2D eigenvalue weighted by Gasteiger charge is -2.11. The number of benzene rings is 1. The molecule has 106 valence electrons. The lowest BCUT2D eigenvalue weighted by Crippen LogP contribution is -1.96. The first-order valence-corrected chi connectivity index (χ1v) is 7.21. The Labute approximate surface area is 118 Å². The number of unbranched alkanes of at least 4 members (excludes halogenated alkanes) is 1. The minimum Gasteiger partial charge on any atom is -0.303 e. The highest BCUT2D eigenvalue weighted by Gasteiger charge is 2.06. The van der Waals surface area contributed by atoms with Crippen LogP contribution in [-0.4, -0.2) is 6.29 Å². The molecule has 0 aliphatic carbocycles. The smallest absolute Gasteiger partial charge is 0.120 e. The third-order valence-electron chi connectivity index (χ3n) is 3.09. The maximum Gasteiger partial charge on any atom is 0.120 e. The number of allylic oxidation sites excluding steroid dienone is 1. The Kier molecular flexibility index (Phi) is 9.78. The molecule has 0 aliphatic rings. The van der Waals surface area contributed by atoms with Gasteiger partial charge in [-0.15, -0.1) is 6.58 Å². The number of carbonyl (C=O) groups excluding carboxylic acids is 1. The van der Waals surface area contributed by atoms with Crippen LogP contribution in [0.25, 0.3) is 0 Å². The van der Waals surface area contributed by atoms with E-state index in [9.17, 15) is 4.79 Å². The number of hydrogen-bond acceptors (Lipinski definition) is 1. The van der Waals surface area contributed by atoms with E-state index in [1.165, 1.54) is 17.5 Å². The summed E-state index contributed by atoms with van der Waals surface area (Å²) in [4.78, 5) is 10.4. The van der Waals surface area contributed by atoms with E-state index in [1.807, 2.05) is 6.08 Å². The zero-order valence-corrected chi connectivity index (χ0v) is 12.9. The van der Waals surface area contributed by atoms with Crippen molar-refractivity contribution in [2.24, 2.45) is 0 Å². The van der Waals surface area contributed by atoms with Crippen LogP contribution in [-0.2, 0) is 4.79 Å². The Hall–Kier alpha value is -1.37. The van der Waals surface area contributed by atoms with Gasteiger partial charge in [0, 0.05) is 6.42 Å². The van der Waals surface area contributed by atoms with Crippen molar-refractivity contribution < 1.29 is 4.79 Å². The monoisotopic (exact) mass is 260 g/mol. The van der Waals surface area contributed by atoms with Crippen molar-refractivity contribution in [1.82, 2.24) is 0 Å². The van der Waals surface area contributed by atoms with E-state index >= 15 is 0 Å². The summed E-state index contributed by atoms with van der Waals surface area (Å²) in [5.41, 5.74) is 2.61. The van der Waals surface area contributed by atoms with Crippen LogP contribution in [0, 0.1) is 0 Å². The van der Waals surface area contributed by atoms with E-state index in [-0.39, 0.29) is 0 Å². The number of aldehydes is 1. The maximum atomic E-state index is 10.4. The molecule has 0 bridgehead atoms. The fourth-order valence-corrected chi connectivity index (χ4v) is 1.71. The van der Waals surface area contributed by atoms with Gasteiger partial charge in [0.25, 0.3) is 0 Å². The normalized spacial score (nSPS) is 11.4. The Balaban J connectivity index is 0.000000555. The summed E-state index contributed by atoms with van der Waals surface area (Å²) in [5.74, 6) is 0.893. The molecule has 0 saturated carbocycles. The molecule has 0 aliphatic heterocycles. The van der Waals surface area contributed by atoms with Crippen molar-refractivity contribution in [3.8, 4) is 0 Å². The maximum absolute atomic E-state index is 10.4. The van der Waals surface area contributed by atoms with Crippen LogP contribution in [0.2, 0.25) is 0 Å². The van der Waals surface area contributed by atoms with Gasteiger partial charge in [0.15, 0.2) is 0 Å². The van der Waals surface area contributed by atoms with Gasteiger partial charge in [0.2, 0.25) is 0 Å². The van der Waals surface area contributed by atoms with Crippen LogP contribution in [0.4, 0.5) is 0 Å². The molecule has 0 amide bonds. The van der Waals surface area contributed by atoms with Crippen molar-refractivity contribution in [2.75, 3.05) is 0 Å². The first kappa shape index (κ1) is 17.6. The lowest BCUT2D eigenvalue weighted by molar-refractivity contribution is -0.108. The van der Waals surface area contributed by atoms with Gasteiger partial charge in [0.1, 0.15) is 6.29 Å². The molecule has 1 aromatic rings. The molecule has 1 unspecified atom stereocenters. The van der Waals surface area contributed by atoms with Gasteiger partial charge in [-0.25, -0.2) is 0 Å². The minimum absolute atomic E-state index is 0.339. The Morgan fingerprint density at radius 2 is 1.84 bits per heavy atom. The fourth-order valence-electron chi connectivity index (χ4n) is 1.71. The Bertz CT molecular complexity index is 366. The molecule has 0 heterocycles. The molecule has 1 atom stereocenters. The molecule has 1 nitrogen and oxygen atoms in total. The van der Waals surface area contributed by atoms with E-state index in [1.54, 1.807) is 0 Å². The van der Waals surface area contributed by atoms with E-state index < -0.39 is 0 Å². The predicted octanol–water partition coefficient (Wildman–Crippen LogP) is 5.48. The van der Waals surface area contributed by atoms with Crippen molar-refractivity contribution in [2.45, 2.75) is 58.8 Å². The van der Waals surface area contributed by atoms with Gasteiger partial charge in [-0.1, -0.05) is 64.5 Å². The lowest BCUT2D eigenvalue weighted by atomic mass is 9.93. The van der Waals surface area contributed by atoms with E-state index in [4.69, 9.17) is 0 Å². The summed E-state index contributed by atoms with van der Waals surface area (Å²) >= 11 is 0. The third kappa shape index (κ3) is 7.61. The van der Waals surface area contributed by atoms with Crippen LogP contribution in [0.3, 0.4) is 0 Å². The molecule has 1 rings (SSSR count). The third-order valence-corrected chi connectivity index (χ3v) is 3.09. The SMILES string of the molecule is C=CCCC.CC(C)c1cccc(C(C)CC=O)c1. The second-order valence-electron chi connectivity index (χ2n) is 5.21. The van der Waals surface area contributed by atoms with Crippen LogP contribution in [0.15, 0.2) is 36.9 Å². The molecular formula is C18H28O. The van der Waals surface area contributed by atoms with Gasteiger partial charge in [-0.2, -0.15) is 0 Å². The molecule has 0 saturated heterocycles. The van der Waals surface area contributed by atoms with Crippen molar-refractivity contribution in [1.29, 1.82) is 0 Å². The molecule has 0 aromatic heterocycles. The first-order valence-electron chi connectivity index (χ1n) is 7.21. The topological polar surface area (TPSA) is 17.1 Å². The molecule has 1 aromatic carbocycles.